The van der Waals surface area contributed by atoms with E-state index in [1.54, 1.807) is 0 Å². The minimum Gasteiger partial charge on any atom is -0.341 e. The van der Waals surface area contributed by atoms with Gasteiger partial charge in [-0.3, -0.25) is 4.79 Å². The number of nitrogens with two attached hydrogens (primary N) is 1. The molecule has 3 nitrogen and oxygen atoms in total. The summed E-state index contributed by atoms with van der Waals surface area (Å²) in [6.45, 7) is 8.14. The summed E-state index contributed by atoms with van der Waals surface area (Å²) in [4.78, 5) is 14.4. The predicted molar refractivity (Wildman–Crippen MR) is 64.8 cm³/mol. The molecule has 2 fully saturated rings. The molecule has 3 atom stereocenters. The Morgan fingerprint density at radius 1 is 1.25 bits per heavy atom. The van der Waals surface area contributed by atoms with Crippen molar-refractivity contribution in [3.8, 4) is 0 Å². The van der Waals surface area contributed by atoms with Gasteiger partial charge < -0.3 is 10.6 Å². The molecule has 0 bridgehead atoms. The average Bonchev–Trinajstić information content (AvgIpc) is 2.97. The molecule has 1 saturated heterocycles. The van der Waals surface area contributed by atoms with Crippen molar-refractivity contribution in [2.75, 3.05) is 13.1 Å². The topological polar surface area (TPSA) is 46.3 Å². The van der Waals surface area contributed by atoms with Gasteiger partial charge in [-0.1, -0.05) is 13.8 Å². The van der Waals surface area contributed by atoms with Crippen molar-refractivity contribution in [1.29, 1.82) is 0 Å². The molecular weight excluding hydrogens is 200 g/mol. The molecule has 3 unspecified atom stereocenters. The summed E-state index contributed by atoms with van der Waals surface area (Å²) in [7, 11) is 0. The molecule has 2 aliphatic rings. The zero-order valence-electron chi connectivity index (χ0n) is 10.7. The van der Waals surface area contributed by atoms with E-state index >= 15 is 0 Å². The summed E-state index contributed by atoms with van der Waals surface area (Å²) in [5.74, 6) is 1.83. The van der Waals surface area contributed by atoms with Crippen LogP contribution in [0.15, 0.2) is 0 Å². The van der Waals surface area contributed by atoms with Gasteiger partial charge in [0.05, 0.1) is 5.54 Å². The zero-order chi connectivity index (χ0) is 11.9. The third-order valence-corrected chi connectivity index (χ3v) is 4.04. The zero-order valence-corrected chi connectivity index (χ0v) is 10.7. The van der Waals surface area contributed by atoms with Crippen LogP contribution in [0.5, 0.6) is 0 Å². The third kappa shape index (κ3) is 2.24. The molecule has 1 aliphatic heterocycles. The first-order valence-electron chi connectivity index (χ1n) is 6.49. The Morgan fingerprint density at radius 3 is 2.19 bits per heavy atom. The van der Waals surface area contributed by atoms with Crippen molar-refractivity contribution in [3.05, 3.63) is 0 Å². The molecule has 0 aromatic carbocycles. The lowest BCUT2D eigenvalue weighted by Crippen LogP contribution is -2.57. The van der Waals surface area contributed by atoms with Crippen LogP contribution >= 0.6 is 0 Å². The number of rotatable bonds is 2. The summed E-state index contributed by atoms with van der Waals surface area (Å²) >= 11 is 0. The van der Waals surface area contributed by atoms with Crippen LogP contribution in [0.3, 0.4) is 0 Å². The first kappa shape index (κ1) is 11.9. The molecule has 0 aromatic heterocycles. The maximum Gasteiger partial charge on any atom is 0.242 e. The number of hydrogen-bond donors (Lipinski definition) is 1. The van der Waals surface area contributed by atoms with E-state index < -0.39 is 5.54 Å². The molecular formula is C13H24N2O. The average molecular weight is 224 g/mol. The van der Waals surface area contributed by atoms with Crippen LogP contribution in [-0.2, 0) is 4.79 Å². The van der Waals surface area contributed by atoms with Gasteiger partial charge in [-0.25, -0.2) is 0 Å². The number of piperidine rings is 1. The molecule has 2 N–H and O–H groups in total. The van der Waals surface area contributed by atoms with Crippen molar-refractivity contribution in [2.45, 2.75) is 45.6 Å². The van der Waals surface area contributed by atoms with Crippen LogP contribution in [0.2, 0.25) is 0 Å². The first-order valence-corrected chi connectivity index (χ1v) is 6.49. The normalized spacial score (nSPS) is 34.6. The SMILES string of the molecule is CC1CC(C)CN(C(=O)C(C)(N)C2CC2)C1. The molecule has 1 amide bonds. The lowest BCUT2D eigenvalue weighted by atomic mass is 9.88. The fourth-order valence-corrected chi connectivity index (χ4v) is 3.03. The van der Waals surface area contributed by atoms with E-state index in [4.69, 9.17) is 5.73 Å². The Labute approximate surface area is 98.4 Å². The fraction of sp³-hybridized carbons (Fsp3) is 0.923. The molecule has 3 heteroatoms. The van der Waals surface area contributed by atoms with Crippen LogP contribution in [0, 0.1) is 17.8 Å². The van der Waals surface area contributed by atoms with Gasteiger partial charge in [0.15, 0.2) is 0 Å². The third-order valence-electron chi connectivity index (χ3n) is 4.04. The highest BCUT2D eigenvalue weighted by Gasteiger charge is 2.46. The fourth-order valence-electron chi connectivity index (χ4n) is 3.03. The summed E-state index contributed by atoms with van der Waals surface area (Å²) in [6, 6.07) is 0. The minimum atomic E-state index is -0.614. The van der Waals surface area contributed by atoms with E-state index in [0.29, 0.717) is 17.8 Å². The first-order chi connectivity index (χ1) is 7.41. The smallest absolute Gasteiger partial charge is 0.242 e. The van der Waals surface area contributed by atoms with Crippen molar-refractivity contribution < 1.29 is 4.79 Å². The van der Waals surface area contributed by atoms with Gasteiger partial charge in [0.1, 0.15) is 0 Å². The molecule has 16 heavy (non-hydrogen) atoms. The molecule has 1 heterocycles. The van der Waals surface area contributed by atoms with E-state index in [9.17, 15) is 4.79 Å². The Kier molecular flexibility index (Phi) is 2.99. The maximum absolute atomic E-state index is 12.4. The summed E-state index contributed by atoms with van der Waals surface area (Å²) in [6.07, 6.45) is 3.48. The highest BCUT2D eigenvalue weighted by Crippen LogP contribution is 2.39. The number of carbonyl (C=O) groups is 1. The van der Waals surface area contributed by atoms with E-state index in [0.717, 1.165) is 25.9 Å². The van der Waals surface area contributed by atoms with Gasteiger partial charge in [0.25, 0.3) is 0 Å². The Morgan fingerprint density at radius 2 is 1.75 bits per heavy atom. The second-order valence-corrected chi connectivity index (χ2v) is 6.21. The summed E-state index contributed by atoms with van der Waals surface area (Å²) in [5, 5.41) is 0. The number of nitrogens with zero attached hydrogens (tertiary/aromatic N) is 1. The van der Waals surface area contributed by atoms with Crippen molar-refractivity contribution in [3.63, 3.8) is 0 Å². The molecule has 0 spiro atoms. The Hall–Kier alpha value is -0.570. The lowest BCUT2D eigenvalue weighted by Gasteiger charge is -2.39. The number of likely N-dealkylation sites (tertiary alicyclic amines) is 1. The van der Waals surface area contributed by atoms with Gasteiger partial charge >= 0.3 is 0 Å². The van der Waals surface area contributed by atoms with Crippen LogP contribution in [0.4, 0.5) is 0 Å². The van der Waals surface area contributed by atoms with E-state index in [-0.39, 0.29) is 5.91 Å². The number of hydrogen-bond acceptors (Lipinski definition) is 2. The quantitative estimate of drug-likeness (QED) is 0.774. The largest absolute Gasteiger partial charge is 0.341 e. The molecule has 1 aliphatic carbocycles. The maximum atomic E-state index is 12.4. The van der Waals surface area contributed by atoms with Crippen LogP contribution < -0.4 is 5.73 Å². The van der Waals surface area contributed by atoms with Gasteiger partial charge in [-0.05, 0) is 43.9 Å². The molecule has 92 valence electrons. The van der Waals surface area contributed by atoms with Crippen LogP contribution in [-0.4, -0.2) is 29.4 Å². The van der Waals surface area contributed by atoms with Crippen molar-refractivity contribution in [1.82, 2.24) is 4.90 Å². The summed E-state index contributed by atoms with van der Waals surface area (Å²) in [5.41, 5.74) is 5.58. The number of amides is 1. The highest BCUT2D eigenvalue weighted by atomic mass is 16.2. The minimum absolute atomic E-state index is 0.174. The second-order valence-electron chi connectivity index (χ2n) is 6.21. The molecule has 0 aromatic rings. The van der Waals surface area contributed by atoms with Gasteiger partial charge in [-0.2, -0.15) is 0 Å². The summed E-state index contributed by atoms with van der Waals surface area (Å²) < 4.78 is 0. The molecule has 0 radical (unpaired) electrons. The van der Waals surface area contributed by atoms with Crippen molar-refractivity contribution in [2.24, 2.45) is 23.5 Å². The Bertz CT molecular complexity index is 274. The monoisotopic (exact) mass is 224 g/mol. The Balaban J connectivity index is 2.03. The second kappa shape index (κ2) is 4.02. The molecule has 2 rings (SSSR count). The highest BCUT2D eigenvalue weighted by molar-refractivity contribution is 5.86. The molecule has 1 saturated carbocycles. The van der Waals surface area contributed by atoms with Gasteiger partial charge in [0, 0.05) is 13.1 Å². The van der Waals surface area contributed by atoms with E-state index in [1.807, 2.05) is 11.8 Å². The number of carbonyl (C=O) groups excluding carboxylic acids is 1. The standard InChI is InChI=1S/C13H24N2O/c1-9-6-10(2)8-15(7-9)12(16)13(3,14)11-4-5-11/h9-11H,4-8,14H2,1-3H3. The van der Waals surface area contributed by atoms with Crippen molar-refractivity contribution >= 4 is 5.91 Å². The van der Waals surface area contributed by atoms with Gasteiger partial charge in [0.2, 0.25) is 5.91 Å². The van der Waals surface area contributed by atoms with E-state index in [2.05, 4.69) is 13.8 Å². The van der Waals surface area contributed by atoms with E-state index in [1.165, 1.54) is 6.42 Å². The van der Waals surface area contributed by atoms with Gasteiger partial charge in [-0.15, -0.1) is 0 Å². The lowest BCUT2D eigenvalue weighted by molar-refractivity contribution is -0.139. The van der Waals surface area contributed by atoms with Crippen LogP contribution in [0.25, 0.3) is 0 Å². The predicted octanol–water partition coefficient (Wildman–Crippen LogP) is 1.62. The van der Waals surface area contributed by atoms with Crippen LogP contribution in [0.1, 0.15) is 40.0 Å².